The molecule has 110 valence electrons. The van der Waals surface area contributed by atoms with Crippen molar-refractivity contribution < 1.29 is 4.79 Å². The molecule has 4 heteroatoms. The van der Waals surface area contributed by atoms with Gasteiger partial charge in [0, 0.05) is 45.3 Å². The third-order valence-electron chi connectivity index (χ3n) is 3.98. The maximum atomic E-state index is 11.3. The van der Waals surface area contributed by atoms with Crippen LogP contribution in [0.1, 0.15) is 25.0 Å². The van der Waals surface area contributed by atoms with Crippen molar-refractivity contribution in [3.05, 3.63) is 29.3 Å². The first-order chi connectivity index (χ1) is 9.61. The van der Waals surface area contributed by atoms with Crippen molar-refractivity contribution in [3.8, 4) is 0 Å². The summed E-state index contributed by atoms with van der Waals surface area (Å²) in [7, 11) is 0. The summed E-state index contributed by atoms with van der Waals surface area (Å²) in [6.07, 6.45) is 0. The second kappa shape index (κ2) is 6.75. The molecule has 20 heavy (non-hydrogen) atoms. The Labute approximate surface area is 121 Å². The van der Waals surface area contributed by atoms with Crippen LogP contribution in [-0.2, 0) is 11.3 Å². The number of carbonyl (C=O) groups excluding carboxylic acids is 1. The zero-order valence-electron chi connectivity index (χ0n) is 12.8. The van der Waals surface area contributed by atoms with Gasteiger partial charge in [-0.05, 0) is 36.7 Å². The van der Waals surface area contributed by atoms with E-state index in [-0.39, 0.29) is 5.91 Å². The molecule has 0 atom stereocenters. The van der Waals surface area contributed by atoms with Crippen molar-refractivity contribution in [1.29, 1.82) is 0 Å². The first kappa shape index (κ1) is 14.9. The fraction of sp³-hybridized carbons (Fsp3) is 0.562. The molecular weight excluding hydrogens is 250 g/mol. The molecule has 1 aliphatic rings. The molecule has 0 aliphatic carbocycles. The van der Waals surface area contributed by atoms with Crippen LogP contribution in [0.3, 0.4) is 0 Å². The third-order valence-corrected chi connectivity index (χ3v) is 3.98. The molecule has 1 fully saturated rings. The molecule has 2 rings (SSSR count). The van der Waals surface area contributed by atoms with Crippen LogP contribution in [0.2, 0.25) is 0 Å². The molecule has 1 aromatic carbocycles. The van der Waals surface area contributed by atoms with E-state index in [1.807, 2.05) is 4.90 Å². The number of anilines is 1. The quantitative estimate of drug-likeness (QED) is 0.910. The summed E-state index contributed by atoms with van der Waals surface area (Å²) in [5, 5.41) is 3.36. The molecule has 0 aromatic heterocycles. The molecule has 1 aromatic rings. The molecule has 0 bridgehead atoms. The highest BCUT2D eigenvalue weighted by Crippen LogP contribution is 2.20. The smallest absolute Gasteiger partial charge is 0.219 e. The van der Waals surface area contributed by atoms with Crippen LogP contribution in [0.15, 0.2) is 18.2 Å². The Morgan fingerprint density at radius 1 is 1.25 bits per heavy atom. The SMILES string of the molecule is CCNCc1ccc(N2CCN(C(C)=O)CC2)cc1C. The second-order valence-electron chi connectivity index (χ2n) is 5.38. The Kier molecular flexibility index (Phi) is 5.01. The minimum atomic E-state index is 0.182. The number of hydrogen-bond donors (Lipinski definition) is 1. The fourth-order valence-electron chi connectivity index (χ4n) is 2.61. The van der Waals surface area contributed by atoms with Gasteiger partial charge in [0.1, 0.15) is 0 Å². The Morgan fingerprint density at radius 3 is 2.50 bits per heavy atom. The summed E-state index contributed by atoms with van der Waals surface area (Å²) in [6, 6.07) is 6.67. The lowest BCUT2D eigenvalue weighted by Gasteiger charge is -2.36. The number of aryl methyl sites for hydroxylation is 1. The minimum Gasteiger partial charge on any atom is -0.368 e. The van der Waals surface area contributed by atoms with Gasteiger partial charge >= 0.3 is 0 Å². The first-order valence-corrected chi connectivity index (χ1v) is 7.42. The zero-order valence-corrected chi connectivity index (χ0v) is 12.8. The summed E-state index contributed by atoms with van der Waals surface area (Å²) in [4.78, 5) is 15.6. The van der Waals surface area contributed by atoms with E-state index >= 15 is 0 Å². The lowest BCUT2D eigenvalue weighted by atomic mass is 10.1. The summed E-state index contributed by atoms with van der Waals surface area (Å²) < 4.78 is 0. The van der Waals surface area contributed by atoms with Crippen molar-refractivity contribution in [2.24, 2.45) is 0 Å². The van der Waals surface area contributed by atoms with Gasteiger partial charge in [-0.15, -0.1) is 0 Å². The van der Waals surface area contributed by atoms with Crippen LogP contribution < -0.4 is 10.2 Å². The zero-order chi connectivity index (χ0) is 14.5. The van der Waals surface area contributed by atoms with Crippen LogP contribution in [0.4, 0.5) is 5.69 Å². The molecule has 1 N–H and O–H groups in total. The highest BCUT2D eigenvalue weighted by Gasteiger charge is 2.18. The second-order valence-corrected chi connectivity index (χ2v) is 5.38. The Morgan fingerprint density at radius 2 is 1.95 bits per heavy atom. The number of nitrogens with zero attached hydrogens (tertiary/aromatic N) is 2. The predicted octanol–water partition coefficient (Wildman–Crippen LogP) is 1.77. The Balaban J connectivity index is 2.00. The summed E-state index contributed by atoms with van der Waals surface area (Å²) in [5.74, 6) is 0.182. The van der Waals surface area contributed by atoms with E-state index in [9.17, 15) is 4.79 Å². The van der Waals surface area contributed by atoms with Crippen LogP contribution >= 0.6 is 0 Å². The average molecular weight is 275 g/mol. The largest absolute Gasteiger partial charge is 0.368 e. The van der Waals surface area contributed by atoms with Crippen LogP contribution in [0.25, 0.3) is 0 Å². The van der Waals surface area contributed by atoms with Crippen LogP contribution in [0.5, 0.6) is 0 Å². The predicted molar refractivity (Wildman–Crippen MR) is 83.0 cm³/mol. The van der Waals surface area contributed by atoms with Crippen molar-refractivity contribution >= 4 is 11.6 Å². The molecule has 1 saturated heterocycles. The van der Waals surface area contributed by atoms with Gasteiger partial charge in [0.2, 0.25) is 5.91 Å². The number of benzene rings is 1. The molecule has 1 heterocycles. The van der Waals surface area contributed by atoms with Gasteiger partial charge in [0.15, 0.2) is 0 Å². The van der Waals surface area contributed by atoms with E-state index in [0.29, 0.717) is 0 Å². The van der Waals surface area contributed by atoms with Gasteiger partial charge in [-0.1, -0.05) is 13.0 Å². The third kappa shape index (κ3) is 3.51. The maximum absolute atomic E-state index is 11.3. The molecule has 1 amide bonds. The van der Waals surface area contributed by atoms with Gasteiger partial charge in [0.05, 0.1) is 0 Å². The number of carbonyl (C=O) groups is 1. The van der Waals surface area contributed by atoms with Crippen LogP contribution in [0, 0.1) is 6.92 Å². The summed E-state index contributed by atoms with van der Waals surface area (Å²) in [6.45, 7) is 11.4. The number of amides is 1. The molecule has 4 nitrogen and oxygen atoms in total. The summed E-state index contributed by atoms with van der Waals surface area (Å²) >= 11 is 0. The number of piperazine rings is 1. The highest BCUT2D eigenvalue weighted by atomic mass is 16.2. The topological polar surface area (TPSA) is 35.6 Å². The maximum Gasteiger partial charge on any atom is 0.219 e. The van der Waals surface area contributed by atoms with E-state index < -0.39 is 0 Å². The minimum absolute atomic E-state index is 0.182. The van der Waals surface area contributed by atoms with Gasteiger partial charge in [-0.2, -0.15) is 0 Å². The van der Waals surface area contributed by atoms with Crippen molar-refractivity contribution in [2.45, 2.75) is 27.3 Å². The fourth-order valence-corrected chi connectivity index (χ4v) is 2.61. The monoisotopic (exact) mass is 275 g/mol. The van der Waals surface area contributed by atoms with Crippen molar-refractivity contribution in [1.82, 2.24) is 10.2 Å². The molecule has 0 unspecified atom stereocenters. The number of rotatable bonds is 4. The highest BCUT2D eigenvalue weighted by molar-refractivity contribution is 5.73. The van der Waals surface area contributed by atoms with Crippen molar-refractivity contribution in [3.63, 3.8) is 0 Å². The van der Waals surface area contributed by atoms with E-state index in [2.05, 4.69) is 42.3 Å². The molecular formula is C16H25N3O. The Hall–Kier alpha value is -1.55. The number of hydrogen-bond acceptors (Lipinski definition) is 3. The molecule has 0 spiro atoms. The number of nitrogens with one attached hydrogen (secondary N) is 1. The van der Waals surface area contributed by atoms with Crippen LogP contribution in [-0.4, -0.2) is 43.5 Å². The lowest BCUT2D eigenvalue weighted by molar-refractivity contribution is -0.129. The van der Waals surface area contributed by atoms with E-state index in [1.165, 1.54) is 16.8 Å². The van der Waals surface area contributed by atoms with Gasteiger partial charge in [0.25, 0.3) is 0 Å². The Bertz CT molecular complexity index is 465. The molecule has 0 radical (unpaired) electrons. The average Bonchev–Trinajstić information content (AvgIpc) is 2.46. The van der Waals surface area contributed by atoms with Gasteiger partial charge in [-0.3, -0.25) is 4.79 Å². The van der Waals surface area contributed by atoms with Gasteiger partial charge in [-0.25, -0.2) is 0 Å². The van der Waals surface area contributed by atoms with E-state index in [0.717, 1.165) is 39.3 Å². The van der Waals surface area contributed by atoms with E-state index in [4.69, 9.17) is 0 Å². The molecule has 1 aliphatic heterocycles. The van der Waals surface area contributed by atoms with E-state index in [1.54, 1.807) is 6.92 Å². The standard InChI is InChI=1S/C16H25N3O/c1-4-17-12-15-5-6-16(11-13(15)2)19-9-7-18(8-10-19)14(3)20/h5-6,11,17H,4,7-10,12H2,1-3H3. The molecule has 0 saturated carbocycles. The lowest BCUT2D eigenvalue weighted by Crippen LogP contribution is -2.48. The summed E-state index contributed by atoms with van der Waals surface area (Å²) in [5.41, 5.74) is 3.96. The van der Waals surface area contributed by atoms with Crippen molar-refractivity contribution in [2.75, 3.05) is 37.6 Å². The van der Waals surface area contributed by atoms with Gasteiger partial charge < -0.3 is 15.1 Å². The normalized spacial score (nSPS) is 15.6. The first-order valence-electron chi connectivity index (χ1n) is 7.42.